The quantitative estimate of drug-likeness (QED) is 0.482. The van der Waals surface area contributed by atoms with E-state index in [1.165, 1.54) is 11.8 Å². The lowest BCUT2D eigenvalue weighted by Crippen LogP contribution is -2.16. The van der Waals surface area contributed by atoms with Gasteiger partial charge in [0.25, 0.3) is 0 Å². The van der Waals surface area contributed by atoms with Crippen LogP contribution in [0.5, 0.6) is 11.5 Å². The number of anilines is 1. The highest BCUT2D eigenvalue weighted by Gasteiger charge is 2.19. The molecule has 1 unspecified atom stereocenters. The number of nitrogens with one attached hydrogen (secondary N) is 1. The van der Waals surface area contributed by atoms with Crippen molar-refractivity contribution >= 4 is 23.4 Å². The highest BCUT2D eigenvalue weighted by molar-refractivity contribution is 7.99. The van der Waals surface area contributed by atoms with Gasteiger partial charge in [0.1, 0.15) is 11.5 Å². The molecular formula is C23H28N4O3S. The summed E-state index contributed by atoms with van der Waals surface area (Å²) in [6.45, 7) is 8.62. The van der Waals surface area contributed by atoms with E-state index < -0.39 is 0 Å². The van der Waals surface area contributed by atoms with E-state index in [-0.39, 0.29) is 17.8 Å². The van der Waals surface area contributed by atoms with Crippen LogP contribution in [0.1, 0.15) is 36.9 Å². The SMILES string of the molecule is CCn1c(SCC(=O)Nc2cc(C)ccc2C)nnc1C(C)Oc1ccc(OC)cc1. The molecule has 0 saturated heterocycles. The Morgan fingerprint density at radius 2 is 1.84 bits per heavy atom. The van der Waals surface area contributed by atoms with Crippen LogP contribution in [0.2, 0.25) is 0 Å². The first-order chi connectivity index (χ1) is 14.9. The average molecular weight is 441 g/mol. The molecule has 1 atom stereocenters. The summed E-state index contributed by atoms with van der Waals surface area (Å²) in [4.78, 5) is 12.5. The zero-order valence-electron chi connectivity index (χ0n) is 18.5. The minimum Gasteiger partial charge on any atom is -0.497 e. The maximum atomic E-state index is 12.5. The standard InChI is InChI=1S/C23H28N4O3S/c1-6-27-22(17(4)30-19-11-9-18(29-5)10-12-19)25-26-23(27)31-14-21(28)24-20-13-15(2)7-8-16(20)3/h7-13,17H,6,14H2,1-5H3,(H,24,28). The number of methoxy groups -OCH3 is 1. The summed E-state index contributed by atoms with van der Waals surface area (Å²) < 4.78 is 13.2. The summed E-state index contributed by atoms with van der Waals surface area (Å²) in [6.07, 6.45) is -0.293. The van der Waals surface area contributed by atoms with Gasteiger partial charge in [-0.2, -0.15) is 0 Å². The van der Waals surface area contributed by atoms with Crippen LogP contribution in [0.25, 0.3) is 0 Å². The Morgan fingerprint density at radius 1 is 1.13 bits per heavy atom. The molecule has 31 heavy (non-hydrogen) atoms. The lowest BCUT2D eigenvalue weighted by molar-refractivity contribution is -0.113. The lowest BCUT2D eigenvalue weighted by atomic mass is 10.1. The molecule has 1 amide bonds. The zero-order valence-corrected chi connectivity index (χ0v) is 19.3. The molecule has 1 heterocycles. The van der Waals surface area contributed by atoms with Crippen molar-refractivity contribution < 1.29 is 14.3 Å². The van der Waals surface area contributed by atoms with E-state index in [4.69, 9.17) is 9.47 Å². The van der Waals surface area contributed by atoms with E-state index in [2.05, 4.69) is 15.5 Å². The van der Waals surface area contributed by atoms with E-state index in [0.29, 0.717) is 11.7 Å². The van der Waals surface area contributed by atoms with E-state index in [1.807, 2.05) is 74.7 Å². The van der Waals surface area contributed by atoms with Gasteiger partial charge in [-0.1, -0.05) is 23.9 Å². The third-order valence-electron chi connectivity index (χ3n) is 4.80. The van der Waals surface area contributed by atoms with E-state index in [1.54, 1.807) is 7.11 Å². The van der Waals surface area contributed by atoms with Crippen molar-refractivity contribution in [2.24, 2.45) is 0 Å². The van der Waals surface area contributed by atoms with Crippen LogP contribution < -0.4 is 14.8 Å². The second-order valence-electron chi connectivity index (χ2n) is 7.18. The number of benzene rings is 2. The Balaban J connectivity index is 1.63. The van der Waals surface area contributed by atoms with Gasteiger partial charge in [-0.3, -0.25) is 4.79 Å². The van der Waals surface area contributed by atoms with Gasteiger partial charge in [-0.05, 0) is 69.2 Å². The molecular weight excluding hydrogens is 412 g/mol. The van der Waals surface area contributed by atoms with Crippen molar-refractivity contribution in [2.45, 2.75) is 45.5 Å². The molecule has 3 rings (SSSR count). The summed E-state index contributed by atoms with van der Waals surface area (Å²) in [5.41, 5.74) is 2.98. The fraction of sp³-hybridized carbons (Fsp3) is 0.348. The zero-order chi connectivity index (χ0) is 22.4. The topological polar surface area (TPSA) is 78.3 Å². The number of amides is 1. The smallest absolute Gasteiger partial charge is 0.234 e. The maximum Gasteiger partial charge on any atom is 0.234 e. The molecule has 0 aliphatic carbocycles. The van der Waals surface area contributed by atoms with Crippen molar-refractivity contribution in [1.82, 2.24) is 14.8 Å². The normalized spacial score (nSPS) is 11.8. The molecule has 0 spiro atoms. The minimum absolute atomic E-state index is 0.0755. The van der Waals surface area contributed by atoms with Gasteiger partial charge >= 0.3 is 0 Å². The van der Waals surface area contributed by atoms with E-state index in [9.17, 15) is 4.79 Å². The van der Waals surface area contributed by atoms with E-state index >= 15 is 0 Å². The molecule has 0 saturated carbocycles. The maximum absolute atomic E-state index is 12.5. The van der Waals surface area contributed by atoms with Crippen molar-refractivity contribution in [3.63, 3.8) is 0 Å². The number of hydrogen-bond acceptors (Lipinski definition) is 6. The molecule has 8 heteroatoms. The highest BCUT2D eigenvalue weighted by Crippen LogP contribution is 2.26. The van der Waals surface area contributed by atoms with Crippen LogP contribution in [0, 0.1) is 13.8 Å². The first-order valence-electron chi connectivity index (χ1n) is 10.1. The van der Waals surface area contributed by atoms with Gasteiger partial charge < -0.3 is 19.4 Å². The van der Waals surface area contributed by atoms with Crippen LogP contribution in [-0.2, 0) is 11.3 Å². The monoisotopic (exact) mass is 440 g/mol. The number of nitrogens with zero attached hydrogens (tertiary/aromatic N) is 3. The number of ether oxygens (including phenoxy) is 2. The molecule has 1 aromatic heterocycles. The van der Waals surface area contributed by atoms with Gasteiger partial charge in [0.15, 0.2) is 17.1 Å². The second kappa shape index (κ2) is 10.3. The number of aryl methyl sites for hydroxylation is 2. The first-order valence-corrected chi connectivity index (χ1v) is 11.1. The van der Waals surface area contributed by atoms with Gasteiger partial charge in [-0.25, -0.2) is 0 Å². The lowest BCUT2D eigenvalue weighted by Gasteiger charge is -2.16. The molecule has 0 aliphatic rings. The molecule has 3 aromatic rings. The summed E-state index contributed by atoms with van der Waals surface area (Å²) >= 11 is 1.36. The summed E-state index contributed by atoms with van der Waals surface area (Å²) in [5, 5.41) is 12.3. The summed E-state index contributed by atoms with van der Waals surface area (Å²) in [5.74, 6) is 2.39. The molecule has 7 nitrogen and oxygen atoms in total. The van der Waals surface area contributed by atoms with Gasteiger partial charge in [0.2, 0.25) is 5.91 Å². The predicted molar refractivity (Wildman–Crippen MR) is 123 cm³/mol. The number of hydrogen-bond donors (Lipinski definition) is 1. The van der Waals surface area contributed by atoms with Crippen LogP contribution in [0.4, 0.5) is 5.69 Å². The number of aromatic nitrogens is 3. The molecule has 0 aliphatic heterocycles. The Hall–Kier alpha value is -3.00. The van der Waals surface area contributed by atoms with Crippen LogP contribution in [0.3, 0.4) is 0 Å². The largest absolute Gasteiger partial charge is 0.497 e. The highest BCUT2D eigenvalue weighted by atomic mass is 32.2. The van der Waals surface area contributed by atoms with Gasteiger partial charge in [-0.15, -0.1) is 10.2 Å². The molecule has 0 bridgehead atoms. The summed E-state index contributed by atoms with van der Waals surface area (Å²) in [6, 6.07) is 13.4. The third-order valence-corrected chi connectivity index (χ3v) is 5.76. The minimum atomic E-state index is -0.293. The Bertz CT molecular complexity index is 1030. The molecule has 0 radical (unpaired) electrons. The van der Waals surface area contributed by atoms with Crippen molar-refractivity contribution in [3.05, 3.63) is 59.4 Å². The van der Waals surface area contributed by atoms with Crippen molar-refractivity contribution in [2.75, 3.05) is 18.2 Å². The fourth-order valence-corrected chi connectivity index (χ4v) is 3.91. The first kappa shape index (κ1) is 22.7. The van der Waals surface area contributed by atoms with Crippen LogP contribution >= 0.6 is 11.8 Å². The molecule has 164 valence electrons. The van der Waals surface area contributed by atoms with Gasteiger partial charge in [0.05, 0.1) is 12.9 Å². The molecule has 0 fully saturated rings. The average Bonchev–Trinajstić information content (AvgIpc) is 3.18. The van der Waals surface area contributed by atoms with Crippen molar-refractivity contribution in [1.29, 1.82) is 0 Å². The van der Waals surface area contributed by atoms with Gasteiger partial charge in [0, 0.05) is 12.2 Å². The van der Waals surface area contributed by atoms with Crippen LogP contribution in [0.15, 0.2) is 47.6 Å². The van der Waals surface area contributed by atoms with E-state index in [0.717, 1.165) is 34.1 Å². The number of thioether (sulfide) groups is 1. The Labute approximate surface area is 187 Å². The number of rotatable bonds is 9. The van der Waals surface area contributed by atoms with Crippen molar-refractivity contribution in [3.8, 4) is 11.5 Å². The Morgan fingerprint density at radius 3 is 2.52 bits per heavy atom. The third kappa shape index (κ3) is 5.79. The Kier molecular flexibility index (Phi) is 7.57. The number of carbonyl (C=O) groups excluding carboxylic acids is 1. The number of carbonyl (C=O) groups is 1. The van der Waals surface area contributed by atoms with Crippen LogP contribution in [-0.4, -0.2) is 33.5 Å². The fourth-order valence-electron chi connectivity index (χ4n) is 3.10. The molecule has 2 aromatic carbocycles. The molecule has 1 N–H and O–H groups in total. The summed E-state index contributed by atoms with van der Waals surface area (Å²) in [7, 11) is 1.63. The second-order valence-corrected chi connectivity index (χ2v) is 8.12. The predicted octanol–water partition coefficient (Wildman–Crippen LogP) is 4.79.